The molecule has 92 valence electrons. The number of nitrogens with zero attached hydrogens (tertiary/aromatic N) is 3. The highest BCUT2D eigenvalue weighted by molar-refractivity contribution is 7.89. The normalized spacial score (nSPS) is 11.9. The third kappa shape index (κ3) is 2.92. The number of hydrogen-bond acceptors (Lipinski definition) is 5. The summed E-state index contributed by atoms with van der Waals surface area (Å²) in [7, 11) is -3.46. The summed E-state index contributed by atoms with van der Waals surface area (Å²) in [6, 6.07) is 3.79. The average Bonchev–Trinajstić information content (AvgIpc) is 2.60. The van der Waals surface area contributed by atoms with Crippen LogP contribution in [0.25, 0.3) is 5.65 Å². The zero-order chi connectivity index (χ0) is 12.5. The molecule has 0 aromatic carbocycles. The molecule has 2 aromatic heterocycles. The van der Waals surface area contributed by atoms with E-state index in [0.717, 1.165) is 11.2 Å². The van der Waals surface area contributed by atoms with Crippen LogP contribution in [0.2, 0.25) is 0 Å². The number of anilines is 1. The number of fused-ring (bicyclic) bond motifs is 1. The first-order chi connectivity index (χ1) is 7.96. The van der Waals surface area contributed by atoms with Crippen molar-refractivity contribution in [1.29, 1.82) is 0 Å². The molecule has 8 heteroatoms. The van der Waals surface area contributed by atoms with E-state index in [1.165, 1.54) is 0 Å². The number of aryl methyl sites for hydroxylation is 1. The van der Waals surface area contributed by atoms with E-state index >= 15 is 0 Å². The summed E-state index contributed by atoms with van der Waals surface area (Å²) in [5.41, 5.74) is 1.74. The zero-order valence-electron chi connectivity index (χ0n) is 9.29. The lowest BCUT2D eigenvalue weighted by Crippen LogP contribution is -2.22. The van der Waals surface area contributed by atoms with Gasteiger partial charge in [-0.3, -0.25) is 0 Å². The Balaban J connectivity index is 2.12. The molecular formula is C9H13N5O2S. The molecule has 0 fully saturated rings. The number of pyridine rings is 1. The fourth-order valence-corrected chi connectivity index (χ4v) is 1.81. The minimum Gasteiger partial charge on any atom is -0.352 e. The molecule has 3 N–H and O–H groups in total. The average molecular weight is 255 g/mol. The zero-order valence-corrected chi connectivity index (χ0v) is 10.1. The Morgan fingerprint density at radius 3 is 2.94 bits per heavy atom. The lowest BCUT2D eigenvalue weighted by molar-refractivity contribution is 0.598. The Labute approximate surface area is 98.7 Å². The maximum atomic E-state index is 10.7. The van der Waals surface area contributed by atoms with Crippen LogP contribution in [-0.2, 0) is 10.0 Å². The molecule has 0 aliphatic carbocycles. The second-order valence-corrected chi connectivity index (χ2v) is 5.42. The van der Waals surface area contributed by atoms with E-state index in [2.05, 4.69) is 15.4 Å². The van der Waals surface area contributed by atoms with E-state index < -0.39 is 10.0 Å². The topological polar surface area (TPSA) is 102 Å². The number of rotatable bonds is 4. The second kappa shape index (κ2) is 4.30. The number of nitrogens with two attached hydrogens (primary N) is 1. The minimum atomic E-state index is -3.46. The van der Waals surface area contributed by atoms with Crippen molar-refractivity contribution in [1.82, 2.24) is 14.6 Å². The van der Waals surface area contributed by atoms with Crippen LogP contribution in [0.5, 0.6) is 0 Å². The van der Waals surface area contributed by atoms with Crippen LogP contribution in [0, 0.1) is 6.92 Å². The molecule has 0 saturated heterocycles. The van der Waals surface area contributed by atoms with Gasteiger partial charge in [-0.25, -0.2) is 18.1 Å². The molecule has 0 aliphatic heterocycles. The molecule has 7 nitrogen and oxygen atoms in total. The van der Waals surface area contributed by atoms with E-state index in [1.54, 1.807) is 10.7 Å². The first-order valence-electron chi connectivity index (χ1n) is 5.02. The lowest BCUT2D eigenvalue weighted by atomic mass is 10.3. The lowest BCUT2D eigenvalue weighted by Gasteiger charge is -1.98. The summed E-state index contributed by atoms with van der Waals surface area (Å²) in [4.78, 5) is 4.24. The van der Waals surface area contributed by atoms with Crippen molar-refractivity contribution in [2.45, 2.75) is 6.92 Å². The van der Waals surface area contributed by atoms with Gasteiger partial charge in [-0.15, -0.1) is 5.10 Å². The maximum absolute atomic E-state index is 10.7. The molecule has 0 atom stereocenters. The number of sulfonamides is 1. The molecule has 0 amide bonds. The highest BCUT2D eigenvalue weighted by Crippen LogP contribution is 2.09. The summed E-state index contributed by atoms with van der Waals surface area (Å²) < 4.78 is 23.1. The second-order valence-electron chi connectivity index (χ2n) is 3.69. The molecular weight excluding hydrogens is 242 g/mol. The Kier molecular flexibility index (Phi) is 2.99. The summed E-state index contributed by atoms with van der Waals surface area (Å²) in [6.45, 7) is 2.12. The van der Waals surface area contributed by atoms with Gasteiger partial charge in [0.1, 0.15) is 0 Å². The molecule has 0 bridgehead atoms. The molecule has 0 saturated carbocycles. The summed E-state index contributed by atoms with van der Waals surface area (Å²) in [5.74, 6) is 0.240. The first kappa shape index (κ1) is 11.8. The SMILES string of the molecule is Cc1cccn2nc(NCCS(N)(=O)=O)nc12. The first-order valence-corrected chi connectivity index (χ1v) is 6.73. The van der Waals surface area contributed by atoms with E-state index in [-0.39, 0.29) is 12.3 Å². The van der Waals surface area contributed by atoms with Crippen LogP contribution in [0.1, 0.15) is 5.56 Å². The van der Waals surface area contributed by atoms with Crippen molar-refractivity contribution in [2.24, 2.45) is 5.14 Å². The Morgan fingerprint density at radius 2 is 2.29 bits per heavy atom. The fourth-order valence-electron chi connectivity index (χ4n) is 1.42. The van der Waals surface area contributed by atoms with Gasteiger partial charge < -0.3 is 5.32 Å². The Hall–Kier alpha value is -1.67. The van der Waals surface area contributed by atoms with Crippen molar-refractivity contribution in [2.75, 3.05) is 17.6 Å². The largest absolute Gasteiger partial charge is 0.352 e. The van der Waals surface area contributed by atoms with Gasteiger partial charge in [0, 0.05) is 12.7 Å². The summed E-state index contributed by atoms with van der Waals surface area (Å²) in [6.07, 6.45) is 1.78. The molecule has 0 spiro atoms. The van der Waals surface area contributed by atoms with Crippen molar-refractivity contribution >= 4 is 21.6 Å². The molecule has 2 aromatic rings. The fraction of sp³-hybridized carbons (Fsp3) is 0.333. The van der Waals surface area contributed by atoms with Crippen LogP contribution in [0.15, 0.2) is 18.3 Å². The molecule has 2 rings (SSSR count). The molecule has 0 unspecified atom stereocenters. The van der Waals surface area contributed by atoms with Gasteiger partial charge in [0.05, 0.1) is 5.75 Å². The van der Waals surface area contributed by atoms with Crippen molar-refractivity contribution < 1.29 is 8.42 Å². The van der Waals surface area contributed by atoms with Gasteiger partial charge in [-0.2, -0.15) is 4.98 Å². The molecule has 2 heterocycles. The quantitative estimate of drug-likeness (QED) is 0.783. The van der Waals surface area contributed by atoms with Gasteiger partial charge in [0.25, 0.3) is 0 Å². The summed E-state index contributed by atoms with van der Waals surface area (Å²) >= 11 is 0. The Bertz CT molecular complexity index is 634. The van der Waals surface area contributed by atoms with Crippen molar-refractivity contribution in [3.05, 3.63) is 23.9 Å². The van der Waals surface area contributed by atoms with Crippen LogP contribution < -0.4 is 10.5 Å². The van der Waals surface area contributed by atoms with E-state index in [4.69, 9.17) is 5.14 Å². The van der Waals surface area contributed by atoms with Gasteiger partial charge in [-0.1, -0.05) is 6.07 Å². The number of primary sulfonamides is 1. The highest BCUT2D eigenvalue weighted by Gasteiger charge is 2.06. The minimum absolute atomic E-state index is 0.151. The van der Waals surface area contributed by atoms with Crippen LogP contribution >= 0.6 is 0 Å². The van der Waals surface area contributed by atoms with Crippen molar-refractivity contribution in [3.8, 4) is 0 Å². The van der Waals surface area contributed by atoms with Gasteiger partial charge in [0.15, 0.2) is 5.65 Å². The van der Waals surface area contributed by atoms with E-state index in [0.29, 0.717) is 5.95 Å². The maximum Gasteiger partial charge on any atom is 0.243 e. The van der Waals surface area contributed by atoms with E-state index in [9.17, 15) is 8.42 Å². The predicted octanol–water partition coefficient (Wildman–Crippen LogP) is -0.262. The standard InChI is InChI=1S/C9H13N5O2S/c1-7-3-2-5-14-8(7)12-9(13-14)11-4-6-17(10,15)16/h2-3,5H,4,6H2,1H3,(H,11,13)(H2,10,15,16). The number of hydrogen-bond donors (Lipinski definition) is 2. The molecule has 17 heavy (non-hydrogen) atoms. The van der Waals surface area contributed by atoms with Crippen LogP contribution in [0.4, 0.5) is 5.95 Å². The third-order valence-corrected chi connectivity index (χ3v) is 3.00. The highest BCUT2D eigenvalue weighted by atomic mass is 32.2. The number of nitrogens with one attached hydrogen (secondary N) is 1. The third-order valence-electron chi connectivity index (χ3n) is 2.23. The van der Waals surface area contributed by atoms with E-state index in [1.807, 2.05) is 19.1 Å². The predicted molar refractivity (Wildman–Crippen MR) is 64.2 cm³/mol. The van der Waals surface area contributed by atoms with Crippen LogP contribution in [0.3, 0.4) is 0 Å². The smallest absolute Gasteiger partial charge is 0.243 e. The summed E-state index contributed by atoms with van der Waals surface area (Å²) in [5, 5.41) is 11.9. The molecule has 0 radical (unpaired) electrons. The van der Waals surface area contributed by atoms with Gasteiger partial charge in [-0.05, 0) is 18.6 Å². The number of aromatic nitrogens is 3. The van der Waals surface area contributed by atoms with Gasteiger partial charge in [0.2, 0.25) is 16.0 Å². The Morgan fingerprint density at radius 1 is 1.53 bits per heavy atom. The van der Waals surface area contributed by atoms with Crippen LogP contribution in [-0.4, -0.2) is 35.3 Å². The van der Waals surface area contributed by atoms with Gasteiger partial charge >= 0.3 is 0 Å². The monoisotopic (exact) mass is 255 g/mol. The molecule has 0 aliphatic rings. The van der Waals surface area contributed by atoms with Crippen molar-refractivity contribution in [3.63, 3.8) is 0 Å².